The summed E-state index contributed by atoms with van der Waals surface area (Å²) in [7, 11) is 0. The van der Waals surface area contributed by atoms with Crippen LogP contribution in [0.2, 0.25) is 0 Å². The number of aromatic nitrogens is 2. The third-order valence-corrected chi connectivity index (χ3v) is 6.04. The van der Waals surface area contributed by atoms with Gasteiger partial charge in [0.25, 0.3) is 5.91 Å². The Morgan fingerprint density at radius 2 is 1.87 bits per heavy atom. The molecule has 0 unspecified atom stereocenters. The summed E-state index contributed by atoms with van der Waals surface area (Å²) < 4.78 is 0. The summed E-state index contributed by atoms with van der Waals surface area (Å²) in [6.07, 6.45) is 6.76. The van der Waals surface area contributed by atoms with E-state index >= 15 is 0 Å². The van der Waals surface area contributed by atoms with Crippen LogP contribution in [-0.2, 0) is 0 Å². The Kier molecular flexibility index (Phi) is 6.68. The van der Waals surface area contributed by atoms with Crippen LogP contribution in [0.3, 0.4) is 0 Å². The maximum Gasteiger partial charge on any atom is 0.289 e. The van der Waals surface area contributed by atoms with E-state index < -0.39 is 0 Å². The topological polar surface area (TPSA) is 91.3 Å². The number of rotatable bonds is 6. The molecule has 3 N–H and O–H groups in total. The number of carbonyl (C=O) groups excluding carboxylic acids is 1. The van der Waals surface area contributed by atoms with Gasteiger partial charge in [-0.25, -0.2) is 9.97 Å². The molecule has 0 saturated heterocycles. The van der Waals surface area contributed by atoms with E-state index in [9.17, 15) is 4.79 Å². The van der Waals surface area contributed by atoms with Crippen molar-refractivity contribution in [1.29, 1.82) is 0 Å². The standard InChI is InChI=1S/C24H34N6O/c1-15(2)14-26-24(31)23-28-18-11-10-16(3)13-17(18)22(30-23)29-20-8-5-4-7-19(20)27-21-9-6-12-25-21/h10-11,13,15,19-20H,4-9,12,14H2,1-3H3,(H,25,27)(H,26,31)(H,28,29,30)/t19-,20+/m1/s1. The zero-order chi connectivity index (χ0) is 21.8. The number of aryl methyl sites for hydroxylation is 1. The fourth-order valence-electron chi connectivity index (χ4n) is 4.35. The molecule has 31 heavy (non-hydrogen) atoms. The summed E-state index contributed by atoms with van der Waals surface area (Å²) in [5.41, 5.74) is 1.94. The lowest BCUT2D eigenvalue weighted by Gasteiger charge is -2.34. The lowest BCUT2D eigenvalue weighted by atomic mass is 9.90. The van der Waals surface area contributed by atoms with Gasteiger partial charge >= 0.3 is 0 Å². The highest BCUT2D eigenvalue weighted by Gasteiger charge is 2.28. The Morgan fingerprint density at radius 1 is 1.10 bits per heavy atom. The molecule has 1 amide bonds. The summed E-state index contributed by atoms with van der Waals surface area (Å²) >= 11 is 0. The van der Waals surface area contributed by atoms with E-state index in [0.717, 1.165) is 60.3 Å². The first-order chi connectivity index (χ1) is 15.0. The molecule has 2 heterocycles. The van der Waals surface area contributed by atoms with Gasteiger partial charge in [-0.05, 0) is 44.2 Å². The number of hydrogen-bond acceptors (Lipinski definition) is 6. The second kappa shape index (κ2) is 9.62. The summed E-state index contributed by atoms with van der Waals surface area (Å²) in [5, 5.41) is 11.3. The van der Waals surface area contributed by atoms with E-state index in [4.69, 9.17) is 0 Å². The monoisotopic (exact) mass is 422 g/mol. The summed E-state index contributed by atoms with van der Waals surface area (Å²) in [5.74, 6) is 2.25. The molecule has 7 heteroatoms. The average Bonchev–Trinajstić information content (AvgIpc) is 3.26. The van der Waals surface area contributed by atoms with Gasteiger partial charge in [0.1, 0.15) is 5.82 Å². The second-order valence-electron chi connectivity index (χ2n) is 9.24. The molecule has 2 aliphatic rings. The highest BCUT2D eigenvalue weighted by Crippen LogP contribution is 2.27. The van der Waals surface area contributed by atoms with Crippen molar-refractivity contribution >= 4 is 28.5 Å². The molecular formula is C24H34N6O. The number of hydrogen-bond donors (Lipinski definition) is 3. The van der Waals surface area contributed by atoms with Crippen LogP contribution >= 0.6 is 0 Å². The molecule has 0 bridgehead atoms. The number of aliphatic imine (C=N–C) groups is 1. The molecule has 2 atom stereocenters. The summed E-state index contributed by atoms with van der Waals surface area (Å²) in [4.78, 5) is 26.6. The van der Waals surface area contributed by atoms with Crippen molar-refractivity contribution in [2.45, 2.75) is 71.4 Å². The van der Waals surface area contributed by atoms with Crippen molar-refractivity contribution in [1.82, 2.24) is 20.6 Å². The Hall–Kier alpha value is -2.70. The van der Waals surface area contributed by atoms with Crippen LogP contribution in [0.5, 0.6) is 0 Å². The predicted molar refractivity (Wildman–Crippen MR) is 126 cm³/mol. The van der Waals surface area contributed by atoms with Crippen molar-refractivity contribution in [3.05, 3.63) is 29.6 Å². The molecule has 4 rings (SSSR count). The average molecular weight is 423 g/mol. The van der Waals surface area contributed by atoms with Crippen molar-refractivity contribution in [2.75, 3.05) is 18.4 Å². The number of nitrogens with one attached hydrogen (secondary N) is 3. The normalized spacial score (nSPS) is 21.2. The first-order valence-corrected chi connectivity index (χ1v) is 11.6. The van der Waals surface area contributed by atoms with Gasteiger partial charge < -0.3 is 16.0 Å². The molecular weight excluding hydrogens is 388 g/mol. The molecule has 0 spiro atoms. The minimum atomic E-state index is -0.224. The van der Waals surface area contributed by atoms with Gasteiger partial charge in [-0.15, -0.1) is 0 Å². The first-order valence-electron chi connectivity index (χ1n) is 11.6. The molecule has 2 aromatic rings. The van der Waals surface area contributed by atoms with E-state index in [-0.39, 0.29) is 17.8 Å². The number of anilines is 1. The van der Waals surface area contributed by atoms with Crippen molar-refractivity contribution in [3.63, 3.8) is 0 Å². The van der Waals surface area contributed by atoms with E-state index in [2.05, 4.69) is 57.7 Å². The minimum absolute atomic E-state index is 0.222. The van der Waals surface area contributed by atoms with Crippen LogP contribution in [0.25, 0.3) is 10.9 Å². The fourth-order valence-corrected chi connectivity index (χ4v) is 4.35. The highest BCUT2D eigenvalue weighted by molar-refractivity contribution is 5.96. The SMILES string of the molecule is Cc1ccc2nc(C(=O)NCC(C)C)nc(N[C@H]3CCCC[C@H]3NC3=NCCC3)c2c1. The van der Waals surface area contributed by atoms with Gasteiger partial charge in [0, 0.05) is 37.0 Å². The number of amidine groups is 1. The Labute approximate surface area is 184 Å². The number of carbonyl (C=O) groups is 1. The quantitative estimate of drug-likeness (QED) is 0.658. The molecule has 1 aliphatic carbocycles. The maximum absolute atomic E-state index is 12.7. The van der Waals surface area contributed by atoms with E-state index in [1.165, 1.54) is 12.8 Å². The summed E-state index contributed by atoms with van der Waals surface area (Å²) in [6.45, 7) is 7.74. The molecule has 0 radical (unpaired) electrons. The Bertz CT molecular complexity index is 970. The van der Waals surface area contributed by atoms with E-state index in [1.807, 2.05) is 12.1 Å². The largest absolute Gasteiger partial charge is 0.369 e. The maximum atomic E-state index is 12.7. The zero-order valence-electron chi connectivity index (χ0n) is 18.9. The first kappa shape index (κ1) is 21.5. The molecule has 7 nitrogen and oxygen atoms in total. The predicted octanol–water partition coefficient (Wildman–Crippen LogP) is 3.83. The van der Waals surface area contributed by atoms with Crippen molar-refractivity contribution in [2.24, 2.45) is 10.9 Å². The van der Waals surface area contributed by atoms with Crippen LogP contribution < -0.4 is 16.0 Å². The summed E-state index contributed by atoms with van der Waals surface area (Å²) in [6, 6.07) is 6.65. The van der Waals surface area contributed by atoms with Gasteiger partial charge in [-0.3, -0.25) is 9.79 Å². The number of fused-ring (bicyclic) bond motifs is 1. The van der Waals surface area contributed by atoms with E-state index in [0.29, 0.717) is 18.5 Å². The molecule has 166 valence electrons. The molecule has 1 aromatic carbocycles. The fraction of sp³-hybridized carbons (Fsp3) is 0.583. The lowest BCUT2D eigenvalue weighted by Crippen LogP contribution is -2.48. The van der Waals surface area contributed by atoms with Crippen LogP contribution in [-0.4, -0.2) is 46.9 Å². The van der Waals surface area contributed by atoms with Crippen LogP contribution in [0.4, 0.5) is 5.82 Å². The second-order valence-corrected chi connectivity index (χ2v) is 9.24. The van der Waals surface area contributed by atoms with Gasteiger partial charge in [-0.2, -0.15) is 0 Å². The minimum Gasteiger partial charge on any atom is -0.369 e. The van der Waals surface area contributed by atoms with Crippen molar-refractivity contribution in [3.8, 4) is 0 Å². The molecule has 1 fully saturated rings. The van der Waals surface area contributed by atoms with Gasteiger partial charge in [0.15, 0.2) is 0 Å². The third-order valence-electron chi connectivity index (χ3n) is 6.04. The van der Waals surface area contributed by atoms with Gasteiger partial charge in [0.2, 0.25) is 5.82 Å². The Morgan fingerprint density at radius 3 is 2.58 bits per heavy atom. The van der Waals surface area contributed by atoms with Gasteiger partial charge in [-0.1, -0.05) is 38.3 Å². The van der Waals surface area contributed by atoms with Crippen molar-refractivity contribution < 1.29 is 4.79 Å². The van der Waals surface area contributed by atoms with Crippen LogP contribution in [0.1, 0.15) is 68.6 Å². The number of amides is 1. The van der Waals surface area contributed by atoms with Crippen LogP contribution in [0.15, 0.2) is 23.2 Å². The zero-order valence-corrected chi connectivity index (χ0v) is 18.9. The molecule has 1 saturated carbocycles. The third kappa shape index (κ3) is 5.32. The smallest absolute Gasteiger partial charge is 0.289 e. The number of benzene rings is 1. The van der Waals surface area contributed by atoms with E-state index in [1.54, 1.807) is 0 Å². The number of nitrogens with zero attached hydrogens (tertiary/aromatic N) is 3. The van der Waals surface area contributed by atoms with Crippen LogP contribution in [0, 0.1) is 12.8 Å². The molecule has 1 aliphatic heterocycles. The van der Waals surface area contributed by atoms with Gasteiger partial charge in [0.05, 0.1) is 11.4 Å². The lowest BCUT2D eigenvalue weighted by molar-refractivity contribution is 0.0939. The Balaban J connectivity index is 1.62. The molecule has 1 aromatic heterocycles. The highest BCUT2D eigenvalue weighted by atomic mass is 16.2.